The van der Waals surface area contributed by atoms with Crippen molar-refractivity contribution in [1.82, 2.24) is 0 Å². The first-order valence-electron chi connectivity index (χ1n) is 6.90. The van der Waals surface area contributed by atoms with Crippen molar-refractivity contribution in [3.05, 3.63) is 26.8 Å². The highest BCUT2D eigenvalue weighted by molar-refractivity contribution is 14.1. The van der Waals surface area contributed by atoms with Crippen molar-refractivity contribution in [2.45, 2.75) is 44.9 Å². The predicted octanol–water partition coefficient (Wildman–Crippen LogP) is 5.24. The number of amides is 1. The molecule has 1 aliphatic carbocycles. The van der Waals surface area contributed by atoms with Gasteiger partial charge >= 0.3 is 0 Å². The predicted molar refractivity (Wildman–Crippen MR) is 88.6 cm³/mol. The smallest absolute Gasteiger partial charge is 0.224 e. The van der Waals surface area contributed by atoms with E-state index in [-0.39, 0.29) is 5.91 Å². The largest absolute Gasteiger partial charge is 0.325 e. The highest BCUT2D eigenvalue weighted by atomic mass is 127. The van der Waals surface area contributed by atoms with Gasteiger partial charge in [-0.2, -0.15) is 0 Å². The van der Waals surface area contributed by atoms with E-state index in [9.17, 15) is 4.79 Å². The molecular formula is C15H19ClINO. The highest BCUT2D eigenvalue weighted by Crippen LogP contribution is 2.27. The molecule has 1 saturated carbocycles. The summed E-state index contributed by atoms with van der Waals surface area (Å²) in [5.41, 5.74) is 0.864. The number of carbonyl (C=O) groups excluding carboxylic acids is 1. The summed E-state index contributed by atoms with van der Waals surface area (Å²) in [6, 6.07) is 5.55. The van der Waals surface area contributed by atoms with Crippen LogP contribution in [0, 0.1) is 9.49 Å². The zero-order valence-electron chi connectivity index (χ0n) is 10.9. The lowest BCUT2D eigenvalue weighted by Gasteiger charge is -2.14. The van der Waals surface area contributed by atoms with Crippen LogP contribution in [0.5, 0.6) is 0 Å². The Labute approximate surface area is 133 Å². The van der Waals surface area contributed by atoms with Crippen LogP contribution in [-0.4, -0.2) is 5.91 Å². The minimum Gasteiger partial charge on any atom is -0.325 e. The van der Waals surface area contributed by atoms with Crippen LogP contribution >= 0.6 is 34.2 Å². The highest BCUT2D eigenvalue weighted by Gasteiger charge is 2.16. The number of nitrogens with one attached hydrogen (secondary N) is 1. The maximum atomic E-state index is 12.1. The third kappa shape index (κ3) is 4.95. The van der Waals surface area contributed by atoms with Gasteiger partial charge in [-0.1, -0.05) is 37.3 Å². The van der Waals surface area contributed by atoms with Crippen LogP contribution in [0.4, 0.5) is 5.69 Å². The fraction of sp³-hybridized carbons (Fsp3) is 0.533. The Kier molecular flexibility index (Phi) is 5.95. The summed E-state index contributed by atoms with van der Waals surface area (Å²) in [6.45, 7) is 0. The van der Waals surface area contributed by atoms with Gasteiger partial charge in [0, 0.05) is 15.0 Å². The van der Waals surface area contributed by atoms with Crippen LogP contribution in [0.2, 0.25) is 5.02 Å². The number of hydrogen-bond acceptors (Lipinski definition) is 1. The molecule has 0 aromatic heterocycles. The molecule has 4 heteroatoms. The number of carbonyl (C=O) groups is 1. The molecule has 0 bridgehead atoms. The molecule has 1 amide bonds. The molecule has 1 aliphatic rings. The lowest BCUT2D eigenvalue weighted by atomic mass is 9.96. The van der Waals surface area contributed by atoms with Crippen molar-refractivity contribution >= 4 is 45.8 Å². The molecule has 2 nitrogen and oxygen atoms in total. The first-order chi connectivity index (χ1) is 9.15. The van der Waals surface area contributed by atoms with E-state index >= 15 is 0 Å². The van der Waals surface area contributed by atoms with E-state index in [0.29, 0.717) is 17.4 Å². The molecule has 0 unspecified atom stereocenters. The van der Waals surface area contributed by atoms with E-state index in [0.717, 1.165) is 9.26 Å². The van der Waals surface area contributed by atoms with E-state index in [4.69, 9.17) is 11.6 Å². The molecule has 2 rings (SSSR count). The van der Waals surface area contributed by atoms with Gasteiger partial charge in [0.2, 0.25) is 5.91 Å². The number of hydrogen-bond donors (Lipinski definition) is 1. The van der Waals surface area contributed by atoms with Crippen LogP contribution < -0.4 is 5.32 Å². The molecule has 1 aromatic rings. The van der Waals surface area contributed by atoms with E-state index in [1.165, 1.54) is 38.5 Å². The van der Waals surface area contributed by atoms with Crippen molar-refractivity contribution in [3.8, 4) is 0 Å². The van der Waals surface area contributed by atoms with Gasteiger partial charge in [-0.3, -0.25) is 4.79 Å². The fourth-order valence-electron chi connectivity index (χ4n) is 2.62. The first kappa shape index (κ1) is 15.1. The molecule has 1 N–H and O–H groups in total. The monoisotopic (exact) mass is 391 g/mol. The minimum atomic E-state index is 0.132. The average molecular weight is 392 g/mol. The molecule has 0 radical (unpaired) electrons. The van der Waals surface area contributed by atoms with Gasteiger partial charge in [0.15, 0.2) is 0 Å². The number of rotatable bonds is 3. The van der Waals surface area contributed by atoms with Crippen molar-refractivity contribution in [3.63, 3.8) is 0 Å². The average Bonchev–Trinajstić information content (AvgIpc) is 2.61. The second-order valence-electron chi connectivity index (χ2n) is 5.23. The summed E-state index contributed by atoms with van der Waals surface area (Å²) in [5.74, 6) is 0.694. The molecule has 19 heavy (non-hydrogen) atoms. The van der Waals surface area contributed by atoms with E-state index in [1.807, 2.05) is 18.2 Å². The van der Waals surface area contributed by atoms with E-state index in [1.54, 1.807) is 0 Å². The van der Waals surface area contributed by atoms with E-state index < -0.39 is 0 Å². The van der Waals surface area contributed by atoms with Crippen LogP contribution in [0.1, 0.15) is 44.9 Å². The number of benzene rings is 1. The molecule has 0 spiro atoms. The standard InChI is InChI=1S/C15H19ClINO/c16-12-7-8-14(13(17)10-12)18-15(19)9-11-5-3-1-2-4-6-11/h7-8,10-11H,1-6,9H2,(H,18,19). The zero-order valence-corrected chi connectivity index (χ0v) is 13.8. The maximum absolute atomic E-state index is 12.1. The summed E-state index contributed by atoms with van der Waals surface area (Å²) < 4.78 is 0.985. The molecule has 1 aromatic carbocycles. The quantitative estimate of drug-likeness (QED) is 0.554. The van der Waals surface area contributed by atoms with Crippen molar-refractivity contribution in [2.24, 2.45) is 5.92 Å². The third-order valence-corrected chi connectivity index (χ3v) is 4.78. The van der Waals surface area contributed by atoms with Gasteiger partial charge in [0.25, 0.3) is 0 Å². The molecule has 0 heterocycles. The zero-order chi connectivity index (χ0) is 13.7. The lowest BCUT2D eigenvalue weighted by molar-refractivity contribution is -0.117. The molecular weight excluding hydrogens is 373 g/mol. The molecule has 0 aliphatic heterocycles. The second-order valence-corrected chi connectivity index (χ2v) is 6.83. The second kappa shape index (κ2) is 7.48. The topological polar surface area (TPSA) is 29.1 Å². The summed E-state index contributed by atoms with van der Waals surface area (Å²) in [4.78, 5) is 12.1. The minimum absolute atomic E-state index is 0.132. The Morgan fingerprint density at radius 3 is 2.58 bits per heavy atom. The number of anilines is 1. The van der Waals surface area contributed by atoms with Gasteiger partial charge in [0.05, 0.1) is 5.69 Å². The Bertz CT molecular complexity index is 442. The van der Waals surface area contributed by atoms with Crippen molar-refractivity contribution < 1.29 is 4.79 Å². The van der Waals surface area contributed by atoms with Crippen LogP contribution in [0.25, 0.3) is 0 Å². The number of halogens is 2. The van der Waals surface area contributed by atoms with Crippen LogP contribution in [0.3, 0.4) is 0 Å². The first-order valence-corrected chi connectivity index (χ1v) is 8.36. The third-order valence-electron chi connectivity index (χ3n) is 3.65. The molecule has 104 valence electrons. The fourth-order valence-corrected chi connectivity index (χ4v) is 3.63. The molecule has 0 atom stereocenters. The van der Waals surface area contributed by atoms with E-state index in [2.05, 4.69) is 27.9 Å². The van der Waals surface area contributed by atoms with Crippen LogP contribution in [-0.2, 0) is 4.79 Å². The summed E-state index contributed by atoms with van der Waals surface area (Å²) >= 11 is 8.11. The Balaban J connectivity index is 1.89. The molecule has 1 fully saturated rings. The summed E-state index contributed by atoms with van der Waals surface area (Å²) in [6.07, 6.45) is 8.25. The normalized spacial score (nSPS) is 16.9. The van der Waals surface area contributed by atoms with Crippen molar-refractivity contribution in [1.29, 1.82) is 0 Å². The van der Waals surface area contributed by atoms with Crippen molar-refractivity contribution in [2.75, 3.05) is 5.32 Å². The Morgan fingerprint density at radius 2 is 1.95 bits per heavy atom. The van der Waals surface area contributed by atoms with Gasteiger partial charge in [-0.25, -0.2) is 0 Å². The van der Waals surface area contributed by atoms with Crippen LogP contribution in [0.15, 0.2) is 18.2 Å². The lowest BCUT2D eigenvalue weighted by Crippen LogP contribution is -2.17. The Morgan fingerprint density at radius 1 is 1.26 bits per heavy atom. The van der Waals surface area contributed by atoms with Gasteiger partial charge in [-0.15, -0.1) is 0 Å². The van der Waals surface area contributed by atoms with Gasteiger partial charge in [-0.05, 0) is 59.5 Å². The Hall–Kier alpha value is -0.290. The van der Waals surface area contributed by atoms with Gasteiger partial charge < -0.3 is 5.32 Å². The van der Waals surface area contributed by atoms with Gasteiger partial charge in [0.1, 0.15) is 0 Å². The molecule has 0 saturated heterocycles. The summed E-state index contributed by atoms with van der Waals surface area (Å²) in [5, 5.41) is 3.70. The maximum Gasteiger partial charge on any atom is 0.224 e. The summed E-state index contributed by atoms with van der Waals surface area (Å²) in [7, 11) is 0. The SMILES string of the molecule is O=C(CC1CCCCCC1)Nc1ccc(Cl)cc1I.